The molecule has 8 nitrogen and oxygen atoms in total. The van der Waals surface area contributed by atoms with E-state index in [2.05, 4.69) is 14.9 Å². The Balaban J connectivity index is 0.00000192. The average Bonchev–Trinajstić information content (AvgIpc) is 3.10. The van der Waals surface area contributed by atoms with Gasteiger partial charge in [-0.3, -0.25) is 18.9 Å². The van der Waals surface area contributed by atoms with Crippen molar-refractivity contribution in [2.75, 3.05) is 20.1 Å². The summed E-state index contributed by atoms with van der Waals surface area (Å²) in [5.41, 5.74) is 0.181. The Morgan fingerprint density at radius 2 is 1.96 bits per heavy atom. The number of fused-ring (bicyclic) bond motifs is 1. The molecule has 0 N–H and O–H groups in total. The summed E-state index contributed by atoms with van der Waals surface area (Å²) >= 11 is 0. The maximum atomic E-state index is 12.3. The van der Waals surface area contributed by atoms with Crippen LogP contribution in [0.2, 0.25) is 0 Å². The van der Waals surface area contributed by atoms with Crippen LogP contribution < -0.4 is 11.2 Å². The van der Waals surface area contributed by atoms with Gasteiger partial charge in [-0.15, -0.1) is 12.4 Å². The molecular formula is C14H21ClN6O2. The molecule has 1 aliphatic rings. The molecule has 0 amide bonds. The first-order chi connectivity index (χ1) is 10.5. The first-order valence-electron chi connectivity index (χ1n) is 7.36. The third-order valence-electron chi connectivity index (χ3n) is 4.19. The van der Waals surface area contributed by atoms with Crippen LogP contribution in [0, 0.1) is 0 Å². The highest BCUT2D eigenvalue weighted by Crippen LogP contribution is 2.09. The van der Waals surface area contributed by atoms with Gasteiger partial charge in [0.15, 0.2) is 11.2 Å². The highest BCUT2D eigenvalue weighted by atomic mass is 35.5. The van der Waals surface area contributed by atoms with Gasteiger partial charge in [0.05, 0.1) is 18.7 Å². The Morgan fingerprint density at radius 3 is 2.61 bits per heavy atom. The third kappa shape index (κ3) is 2.90. The summed E-state index contributed by atoms with van der Waals surface area (Å²) in [6.45, 7) is 2.22. The zero-order chi connectivity index (χ0) is 15.9. The highest BCUT2D eigenvalue weighted by molar-refractivity contribution is 5.85. The lowest BCUT2D eigenvalue weighted by molar-refractivity contribution is 0.546. The van der Waals surface area contributed by atoms with E-state index >= 15 is 0 Å². The van der Waals surface area contributed by atoms with Crippen LogP contribution >= 0.6 is 12.4 Å². The molecule has 1 aliphatic heterocycles. The first kappa shape index (κ1) is 17.3. The van der Waals surface area contributed by atoms with E-state index in [0.717, 1.165) is 29.8 Å². The number of hydrogen-bond acceptors (Lipinski definition) is 4. The number of halogens is 1. The molecule has 3 heterocycles. The Hall–Kier alpha value is -2.09. The van der Waals surface area contributed by atoms with Crippen LogP contribution in [-0.4, -0.2) is 49.6 Å². The molecule has 3 rings (SSSR count). The van der Waals surface area contributed by atoms with Gasteiger partial charge in [-0.25, -0.2) is 9.78 Å². The molecular weight excluding hydrogens is 320 g/mol. The standard InChI is InChI=1S/C14H20N6O2.ClH/c1-17-7-4-5-10(17)15-6-8-20-9-16-12-11(20)13(21)19(3)14(22)18(12)2;/h9H,4-8H2,1-3H3;1H. The van der Waals surface area contributed by atoms with E-state index < -0.39 is 0 Å². The molecule has 0 spiro atoms. The van der Waals surface area contributed by atoms with Crippen molar-refractivity contribution in [1.82, 2.24) is 23.6 Å². The minimum Gasteiger partial charge on any atom is -0.363 e. The lowest BCUT2D eigenvalue weighted by Crippen LogP contribution is -2.37. The van der Waals surface area contributed by atoms with Gasteiger partial charge < -0.3 is 9.47 Å². The van der Waals surface area contributed by atoms with E-state index in [-0.39, 0.29) is 23.7 Å². The molecule has 0 atom stereocenters. The Kier molecular flexibility index (Phi) is 4.93. The van der Waals surface area contributed by atoms with Crippen molar-refractivity contribution in [2.45, 2.75) is 19.4 Å². The van der Waals surface area contributed by atoms with Crippen LogP contribution in [0.1, 0.15) is 12.8 Å². The van der Waals surface area contributed by atoms with Crippen molar-refractivity contribution in [2.24, 2.45) is 19.1 Å². The van der Waals surface area contributed by atoms with E-state index in [1.807, 2.05) is 7.05 Å². The van der Waals surface area contributed by atoms with Gasteiger partial charge in [0.25, 0.3) is 5.56 Å². The molecule has 0 unspecified atom stereocenters. The highest BCUT2D eigenvalue weighted by Gasteiger charge is 2.15. The van der Waals surface area contributed by atoms with Gasteiger partial charge in [-0.1, -0.05) is 0 Å². The number of aryl methyl sites for hydroxylation is 1. The quantitative estimate of drug-likeness (QED) is 0.786. The number of aliphatic imine (C=N–C) groups is 1. The largest absolute Gasteiger partial charge is 0.363 e. The predicted molar refractivity (Wildman–Crippen MR) is 91.6 cm³/mol. The molecule has 0 aromatic carbocycles. The fourth-order valence-corrected chi connectivity index (χ4v) is 2.85. The van der Waals surface area contributed by atoms with Crippen molar-refractivity contribution >= 4 is 29.4 Å². The number of likely N-dealkylation sites (tertiary alicyclic amines) is 1. The molecule has 0 saturated carbocycles. The lowest BCUT2D eigenvalue weighted by Gasteiger charge is -2.11. The normalized spacial score (nSPS) is 16.3. The fraction of sp³-hybridized carbons (Fsp3) is 0.571. The number of imidazole rings is 1. The number of hydrogen-bond donors (Lipinski definition) is 0. The summed E-state index contributed by atoms with van der Waals surface area (Å²) in [5.74, 6) is 1.12. The van der Waals surface area contributed by atoms with Crippen molar-refractivity contribution in [3.05, 3.63) is 27.2 Å². The summed E-state index contributed by atoms with van der Waals surface area (Å²) in [5, 5.41) is 0. The van der Waals surface area contributed by atoms with Crippen molar-refractivity contribution in [3.8, 4) is 0 Å². The van der Waals surface area contributed by atoms with Crippen LogP contribution in [0.15, 0.2) is 20.9 Å². The first-order valence-corrected chi connectivity index (χ1v) is 7.36. The van der Waals surface area contributed by atoms with Crippen molar-refractivity contribution < 1.29 is 0 Å². The van der Waals surface area contributed by atoms with E-state index in [9.17, 15) is 9.59 Å². The summed E-state index contributed by atoms with van der Waals surface area (Å²) < 4.78 is 4.27. The summed E-state index contributed by atoms with van der Waals surface area (Å²) in [6.07, 6.45) is 3.76. The van der Waals surface area contributed by atoms with Crippen molar-refractivity contribution in [1.29, 1.82) is 0 Å². The van der Waals surface area contributed by atoms with E-state index in [1.165, 1.54) is 11.6 Å². The molecule has 2 aromatic heterocycles. The van der Waals surface area contributed by atoms with E-state index in [4.69, 9.17) is 0 Å². The number of rotatable bonds is 3. The van der Waals surface area contributed by atoms with Gasteiger partial charge in [0.2, 0.25) is 0 Å². The lowest BCUT2D eigenvalue weighted by atomic mass is 10.4. The van der Waals surface area contributed by atoms with Crippen LogP contribution in [0.25, 0.3) is 11.2 Å². The minimum absolute atomic E-state index is 0. The Morgan fingerprint density at radius 1 is 1.22 bits per heavy atom. The maximum absolute atomic E-state index is 12.3. The smallest absolute Gasteiger partial charge is 0.332 e. The average molecular weight is 341 g/mol. The Labute approximate surface area is 139 Å². The molecule has 9 heteroatoms. The molecule has 2 aromatic rings. The minimum atomic E-state index is -0.365. The molecule has 0 aliphatic carbocycles. The molecule has 126 valence electrons. The molecule has 0 radical (unpaired) electrons. The second kappa shape index (κ2) is 6.57. The number of aromatic nitrogens is 4. The topological polar surface area (TPSA) is 77.4 Å². The van der Waals surface area contributed by atoms with Gasteiger partial charge in [0, 0.05) is 40.7 Å². The second-order valence-electron chi connectivity index (χ2n) is 5.64. The van der Waals surface area contributed by atoms with E-state index in [1.54, 1.807) is 17.9 Å². The maximum Gasteiger partial charge on any atom is 0.332 e. The zero-order valence-electron chi connectivity index (χ0n) is 13.5. The Bertz CT molecular complexity index is 863. The monoisotopic (exact) mass is 340 g/mol. The van der Waals surface area contributed by atoms with Gasteiger partial charge in [-0.2, -0.15) is 0 Å². The molecule has 1 fully saturated rings. The number of nitrogens with zero attached hydrogens (tertiary/aromatic N) is 6. The number of amidine groups is 1. The second-order valence-corrected chi connectivity index (χ2v) is 5.64. The predicted octanol–water partition coefficient (Wildman–Crippen LogP) is -0.0204. The van der Waals surface area contributed by atoms with Crippen molar-refractivity contribution in [3.63, 3.8) is 0 Å². The molecule has 23 heavy (non-hydrogen) atoms. The zero-order valence-corrected chi connectivity index (χ0v) is 14.3. The van der Waals surface area contributed by atoms with Gasteiger partial charge in [-0.05, 0) is 6.42 Å². The fourth-order valence-electron chi connectivity index (χ4n) is 2.85. The third-order valence-corrected chi connectivity index (χ3v) is 4.19. The SMILES string of the molecule is CN1CCCC1=NCCn1cnc2c1c(=O)n(C)c(=O)n2C.Cl. The summed E-state index contributed by atoms with van der Waals surface area (Å²) in [4.78, 5) is 35.1. The van der Waals surface area contributed by atoms with E-state index in [0.29, 0.717) is 24.3 Å². The summed E-state index contributed by atoms with van der Waals surface area (Å²) in [6, 6.07) is 0. The summed E-state index contributed by atoms with van der Waals surface area (Å²) in [7, 11) is 5.15. The van der Waals surface area contributed by atoms with Crippen LogP contribution in [0.3, 0.4) is 0 Å². The van der Waals surface area contributed by atoms with Crippen LogP contribution in [0.4, 0.5) is 0 Å². The molecule has 0 bridgehead atoms. The van der Waals surface area contributed by atoms with Crippen LogP contribution in [-0.2, 0) is 20.6 Å². The van der Waals surface area contributed by atoms with Gasteiger partial charge >= 0.3 is 5.69 Å². The van der Waals surface area contributed by atoms with Crippen LogP contribution in [0.5, 0.6) is 0 Å². The van der Waals surface area contributed by atoms with Gasteiger partial charge in [0.1, 0.15) is 0 Å². The molecule has 1 saturated heterocycles.